The number of halogens is 2. The van der Waals surface area contributed by atoms with Crippen LogP contribution in [-0.4, -0.2) is 19.4 Å². The van der Waals surface area contributed by atoms with Crippen LogP contribution in [-0.2, 0) is 22.3 Å². The largest absolute Gasteiger partial charge is 0.334 e. The first-order valence-corrected chi connectivity index (χ1v) is 11.2. The summed E-state index contributed by atoms with van der Waals surface area (Å²) < 4.78 is 27.2. The van der Waals surface area contributed by atoms with Gasteiger partial charge in [-0.2, -0.15) is 0 Å². The molecule has 0 saturated heterocycles. The molecular weight excluding hydrogens is 447 g/mol. The van der Waals surface area contributed by atoms with Gasteiger partial charge in [-0.1, -0.05) is 29.3 Å². The van der Waals surface area contributed by atoms with Crippen LogP contribution in [0.3, 0.4) is 0 Å². The number of aromatic nitrogens is 1. The third kappa shape index (κ3) is 6.62. The minimum absolute atomic E-state index is 0.249. The number of hydrogen-bond donors (Lipinski definition) is 3. The Morgan fingerprint density at radius 3 is 2.20 bits per heavy atom. The first kappa shape index (κ1) is 21.9. The Kier molecular flexibility index (Phi) is 7.15. The lowest BCUT2D eigenvalue weighted by Crippen LogP contribution is -2.28. The number of amides is 2. The van der Waals surface area contributed by atoms with E-state index in [1.807, 2.05) is 0 Å². The summed E-state index contributed by atoms with van der Waals surface area (Å²) in [7, 11) is -3.65. The summed E-state index contributed by atoms with van der Waals surface area (Å²) in [5.74, 6) is -0.249. The van der Waals surface area contributed by atoms with Crippen molar-refractivity contribution in [2.75, 3.05) is 10.0 Å². The molecule has 0 spiro atoms. The van der Waals surface area contributed by atoms with Crippen LogP contribution in [0.1, 0.15) is 11.1 Å². The summed E-state index contributed by atoms with van der Waals surface area (Å²) in [5, 5.41) is 6.06. The number of carbonyl (C=O) groups excluding carboxylic acids is 1. The molecule has 0 aliphatic rings. The third-order valence-corrected chi connectivity index (χ3v) is 5.96. The molecule has 0 aliphatic heterocycles. The number of urea groups is 1. The number of nitrogens with one attached hydrogen (secondary N) is 3. The summed E-state index contributed by atoms with van der Waals surface area (Å²) in [5.41, 5.74) is 2.33. The number of nitrogens with zero attached hydrogens (tertiary/aromatic N) is 1. The van der Waals surface area contributed by atoms with Gasteiger partial charge in [0.05, 0.1) is 15.8 Å². The quantitative estimate of drug-likeness (QED) is 0.473. The predicted molar refractivity (Wildman–Crippen MR) is 119 cm³/mol. The van der Waals surface area contributed by atoms with E-state index in [0.29, 0.717) is 33.5 Å². The summed E-state index contributed by atoms with van der Waals surface area (Å²) in [4.78, 5) is 15.9. The maximum absolute atomic E-state index is 12.4. The lowest BCUT2D eigenvalue weighted by atomic mass is 10.2. The number of sulfonamides is 1. The van der Waals surface area contributed by atoms with Crippen molar-refractivity contribution >= 4 is 50.6 Å². The second kappa shape index (κ2) is 9.80. The first-order valence-electron chi connectivity index (χ1n) is 8.79. The number of pyridine rings is 1. The zero-order valence-corrected chi connectivity index (χ0v) is 17.9. The van der Waals surface area contributed by atoms with Crippen LogP contribution in [0.4, 0.5) is 16.2 Å². The van der Waals surface area contributed by atoms with Gasteiger partial charge in [-0.15, -0.1) is 0 Å². The number of carbonyl (C=O) groups is 1. The monoisotopic (exact) mass is 464 g/mol. The summed E-state index contributed by atoms with van der Waals surface area (Å²) in [6.45, 7) is 0.362. The number of rotatable bonds is 7. The van der Waals surface area contributed by atoms with Crippen molar-refractivity contribution in [3.8, 4) is 0 Å². The number of benzene rings is 2. The number of anilines is 2. The Hall–Kier alpha value is -2.81. The van der Waals surface area contributed by atoms with Crippen LogP contribution in [0.15, 0.2) is 67.0 Å². The van der Waals surface area contributed by atoms with Crippen molar-refractivity contribution in [3.63, 3.8) is 0 Å². The third-order valence-electron chi connectivity index (χ3n) is 3.96. The van der Waals surface area contributed by atoms with Gasteiger partial charge in [0.25, 0.3) is 0 Å². The molecule has 156 valence electrons. The Morgan fingerprint density at radius 1 is 0.867 bits per heavy atom. The molecule has 0 saturated carbocycles. The van der Waals surface area contributed by atoms with Gasteiger partial charge in [0.15, 0.2) is 0 Å². The molecule has 7 nitrogen and oxygen atoms in total. The van der Waals surface area contributed by atoms with E-state index in [9.17, 15) is 13.2 Å². The summed E-state index contributed by atoms with van der Waals surface area (Å²) in [6.07, 6.45) is 3.30. The standard InChI is InChI=1S/C20H18Cl2N4O3S/c21-18-6-1-15(11-19(18)22)13-30(28,29)26-17-4-2-16(3-5-17)25-20(27)24-12-14-7-9-23-10-8-14/h1-11,26H,12-13H2,(H2,24,25,27). The lowest BCUT2D eigenvalue weighted by molar-refractivity contribution is 0.251. The SMILES string of the molecule is O=C(NCc1ccncc1)Nc1ccc(NS(=O)(=O)Cc2ccc(Cl)c(Cl)c2)cc1. The van der Waals surface area contributed by atoms with Crippen LogP contribution in [0.5, 0.6) is 0 Å². The zero-order valence-electron chi connectivity index (χ0n) is 15.6. The molecule has 0 atom stereocenters. The minimum atomic E-state index is -3.65. The van der Waals surface area contributed by atoms with E-state index in [1.165, 1.54) is 6.07 Å². The summed E-state index contributed by atoms with van der Waals surface area (Å²) in [6, 6.07) is 14.2. The van der Waals surface area contributed by atoms with Crippen LogP contribution in [0, 0.1) is 0 Å². The maximum atomic E-state index is 12.4. The highest BCUT2D eigenvalue weighted by molar-refractivity contribution is 7.91. The second-order valence-electron chi connectivity index (χ2n) is 6.35. The topological polar surface area (TPSA) is 100 Å². The smallest absolute Gasteiger partial charge is 0.319 e. The normalized spacial score (nSPS) is 11.0. The highest BCUT2D eigenvalue weighted by Crippen LogP contribution is 2.24. The molecular formula is C20H18Cl2N4O3S. The molecule has 0 fully saturated rings. The van der Waals surface area contributed by atoms with Crippen molar-refractivity contribution in [2.24, 2.45) is 0 Å². The Balaban J connectivity index is 1.54. The van der Waals surface area contributed by atoms with E-state index in [-0.39, 0.29) is 11.8 Å². The molecule has 3 N–H and O–H groups in total. The van der Waals surface area contributed by atoms with Gasteiger partial charge >= 0.3 is 6.03 Å². The molecule has 3 rings (SSSR count). The minimum Gasteiger partial charge on any atom is -0.334 e. The van der Waals surface area contributed by atoms with Crippen molar-refractivity contribution in [1.29, 1.82) is 0 Å². The van der Waals surface area contributed by atoms with E-state index in [4.69, 9.17) is 23.2 Å². The molecule has 0 bridgehead atoms. The van der Waals surface area contributed by atoms with Crippen molar-refractivity contribution in [3.05, 3.63) is 88.2 Å². The molecule has 1 heterocycles. The lowest BCUT2D eigenvalue weighted by Gasteiger charge is -2.11. The van der Waals surface area contributed by atoms with Gasteiger partial charge in [0.1, 0.15) is 0 Å². The predicted octanol–water partition coefficient (Wildman–Crippen LogP) is 4.65. The van der Waals surface area contributed by atoms with E-state index in [0.717, 1.165) is 5.56 Å². The van der Waals surface area contributed by atoms with E-state index >= 15 is 0 Å². The molecule has 3 aromatic rings. The van der Waals surface area contributed by atoms with Gasteiger partial charge in [-0.25, -0.2) is 13.2 Å². The molecule has 0 radical (unpaired) electrons. The average molecular weight is 465 g/mol. The fourth-order valence-corrected chi connectivity index (χ4v) is 4.05. The molecule has 30 heavy (non-hydrogen) atoms. The van der Waals surface area contributed by atoms with Crippen molar-refractivity contribution < 1.29 is 13.2 Å². The van der Waals surface area contributed by atoms with E-state index in [1.54, 1.807) is 60.9 Å². The second-order valence-corrected chi connectivity index (χ2v) is 8.89. The molecule has 2 aromatic carbocycles. The van der Waals surface area contributed by atoms with Crippen LogP contribution < -0.4 is 15.4 Å². The Bertz CT molecular complexity index is 1120. The molecule has 0 aliphatic carbocycles. The van der Waals surface area contributed by atoms with Gasteiger partial charge in [-0.05, 0) is 59.7 Å². The molecule has 10 heteroatoms. The first-order chi connectivity index (χ1) is 14.3. The highest BCUT2D eigenvalue weighted by atomic mass is 35.5. The van der Waals surface area contributed by atoms with Crippen LogP contribution in [0.2, 0.25) is 10.0 Å². The van der Waals surface area contributed by atoms with Crippen LogP contribution >= 0.6 is 23.2 Å². The van der Waals surface area contributed by atoms with E-state index < -0.39 is 10.0 Å². The highest BCUT2D eigenvalue weighted by Gasteiger charge is 2.13. The van der Waals surface area contributed by atoms with Gasteiger partial charge in [0, 0.05) is 30.3 Å². The summed E-state index contributed by atoms with van der Waals surface area (Å²) >= 11 is 11.8. The van der Waals surface area contributed by atoms with Gasteiger partial charge in [0.2, 0.25) is 10.0 Å². The number of hydrogen-bond acceptors (Lipinski definition) is 4. The fourth-order valence-electron chi connectivity index (χ4n) is 2.54. The van der Waals surface area contributed by atoms with Crippen LogP contribution in [0.25, 0.3) is 0 Å². The van der Waals surface area contributed by atoms with E-state index in [2.05, 4.69) is 20.3 Å². The van der Waals surface area contributed by atoms with Crippen molar-refractivity contribution in [1.82, 2.24) is 10.3 Å². The van der Waals surface area contributed by atoms with Crippen molar-refractivity contribution in [2.45, 2.75) is 12.3 Å². The Labute approximate surface area is 184 Å². The average Bonchev–Trinajstić information content (AvgIpc) is 2.71. The molecule has 2 amide bonds. The van der Waals surface area contributed by atoms with Gasteiger partial charge in [-0.3, -0.25) is 9.71 Å². The molecule has 0 unspecified atom stereocenters. The zero-order chi connectivity index (χ0) is 21.6. The Morgan fingerprint density at radius 2 is 1.53 bits per heavy atom. The van der Waals surface area contributed by atoms with Gasteiger partial charge < -0.3 is 10.6 Å². The fraction of sp³-hybridized carbons (Fsp3) is 0.100. The molecule has 1 aromatic heterocycles. The maximum Gasteiger partial charge on any atom is 0.319 e.